The topological polar surface area (TPSA) is 67.2 Å². The molecule has 0 radical (unpaired) electrons. The molecule has 2 atom stereocenters. The lowest BCUT2D eigenvalue weighted by atomic mass is 9.91. The van der Waals surface area contributed by atoms with Gasteiger partial charge in [0.1, 0.15) is 6.54 Å². The first kappa shape index (κ1) is 18.1. The number of nitrogens with one attached hydrogen (secondary N) is 1. The Labute approximate surface area is 149 Å². The van der Waals surface area contributed by atoms with Crippen molar-refractivity contribution in [1.29, 1.82) is 0 Å². The number of aromatic nitrogens is 2. The first-order chi connectivity index (χ1) is 12.0. The van der Waals surface area contributed by atoms with Gasteiger partial charge < -0.3 is 5.32 Å². The summed E-state index contributed by atoms with van der Waals surface area (Å²) in [7, 11) is 0. The molecule has 1 N–H and O–H groups in total. The maximum Gasteiger partial charge on any atom is 0.347 e. The zero-order valence-corrected chi connectivity index (χ0v) is 15.4. The minimum atomic E-state index is -0.381. The van der Waals surface area contributed by atoms with Gasteiger partial charge in [-0.3, -0.25) is 14.3 Å². The lowest BCUT2D eigenvalue weighted by Crippen LogP contribution is -2.45. The van der Waals surface area contributed by atoms with E-state index in [1.54, 1.807) is 12.3 Å². The SMILES string of the molecule is CC(C)[C@@H]1CN(C2CCCCC2)C[C@H]1NC(=O)Cn1cccnc1=O. The molecule has 0 aromatic carbocycles. The summed E-state index contributed by atoms with van der Waals surface area (Å²) in [4.78, 5) is 30.4. The highest BCUT2D eigenvalue weighted by Crippen LogP contribution is 2.31. The Kier molecular flexibility index (Phi) is 5.89. The predicted molar refractivity (Wildman–Crippen MR) is 97.2 cm³/mol. The Morgan fingerprint density at radius 1 is 1.28 bits per heavy atom. The number of likely N-dealkylation sites (tertiary alicyclic amines) is 1. The van der Waals surface area contributed by atoms with Crippen molar-refractivity contribution in [1.82, 2.24) is 19.8 Å². The van der Waals surface area contributed by atoms with E-state index in [4.69, 9.17) is 0 Å². The predicted octanol–water partition coefficient (Wildman–Crippen LogP) is 1.65. The molecule has 0 spiro atoms. The molecule has 6 heteroatoms. The van der Waals surface area contributed by atoms with E-state index in [9.17, 15) is 9.59 Å². The molecular weight excluding hydrogens is 316 g/mol. The highest BCUT2D eigenvalue weighted by molar-refractivity contribution is 5.76. The van der Waals surface area contributed by atoms with Crippen LogP contribution in [0.2, 0.25) is 0 Å². The minimum Gasteiger partial charge on any atom is -0.350 e. The maximum absolute atomic E-state index is 12.5. The Hall–Kier alpha value is -1.69. The smallest absolute Gasteiger partial charge is 0.347 e. The van der Waals surface area contributed by atoms with Crippen molar-refractivity contribution in [3.8, 4) is 0 Å². The standard InChI is InChI=1S/C19H30N4O2/c1-14(2)16-11-23(15-7-4-3-5-8-15)12-17(16)21-18(24)13-22-10-6-9-20-19(22)25/h6,9-10,14-17H,3-5,7-8,11-13H2,1-2H3,(H,21,24)/t16-,17+/m0/s1. The van der Waals surface area contributed by atoms with Gasteiger partial charge in [0.25, 0.3) is 0 Å². The van der Waals surface area contributed by atoms with Crippen LogP contribution >= 0.6 is 0 Å². The van der Waals surface area contributed by atoms with Crippen LogP contribution in [-0.4, -0.2) is 45.5 Å². The van der Waals surface area contributed by atoms with Crippen LogP contribution in [0, 0.1) is 11.8 Å². The fraction of sp³-hybridized carbons (Fsp3) is 0.737. The first-order valence-corrected chi connectivity index (χ1v) is 9.59. The molecule has 2 aliphatic rings. The van der Waals surface area contributed by atoms with Crippen LogP contribution in [0.15, 0.2) is 23.3 Å². The molecule has 1 saturated carbocycles. The second-order valence-corrected chi connectivity index (χ2v) is 7.86. The number of carbonyl (C=O) groups excluding carboxylic acids is 1. The number of hydrogen-bond acceptors (Lipinski definition) is 4. The van der Waals surface area contributed by atoms with E-state index >= 15 is 0 Å². The third kappa shape index (κ3) is 4.48. The van der Waals surface area contributed by atoms with Crippen LogP contribution in [0.25, 0.3) is 0 Å². The summed E-state index contributed by atoms with van der Waals surface area (Å²) >= 11 is 0. The molecule has 3 rings (SSSR count). The summed E-state index contributed by atoms with van der Waals surface area (Å²) in [6.45, 7) is 6.51. The van der Waals surface area contributed by atoms with Gasteiger partial charge in [0.05, 0.1) is 0 Å². The van der Waals surface area contributed by atoms with Gasteiger partial charge in [-0.1, -0.05) is 33.1 Å². The van der Waals surface area contributed by atoms with E-state index < -0.39 is 0 Å². The molecule has 1 aliphatic heterocycles. The highest BCUT2D eigenvalue weighted by Gasteiger charge is 2.38. The molecule has 1 aromatic heterocycles. The van der Waals surface area contributed by atoms with Gasteiger partial charge >= 0.3 is 5.69 Å². The summed E-state index contributed by atoms with van der Waals surface area (Å²) in [5.41, 5.74) is -0.381. The van der Waals surface area contributed by atoms with Gasteiger partial charge in [-0.25, -0.2) is 9.78 Å². The molecule has 1 aliphatic carbocycles. The Morgan fingerprint density at radius 2 is 2.04 bits per heavy atom. The fourth-order valence-corrected chi connectivity index (χ4v) is 4.35. The minimum absolute atomic E-state index is 0.0391. The van der Waals surface area contributed by atoms with Gasteiger partial charge in [0, 0.05) is 37.6 Å². The number of rotatable bonds is 5. The first-order valence-electron chi connectivity index (χ1n) is 9.59. The van der Waals surface area contributed by atoms with Crippen LogP contribution in [-0.2, 0) is 11.3 Å². The van der Waals surface area contributed by atoms with Crippen molar-refractivity contribution < 1.29 is 4.79 Å². The van der Waals surface area contributed by atoms with E-state index in [-0.39, 0.29) is 24.2 Å². The van der Waals surface area contributed by atoms with E-state index in [2.05, 4.69) is 29.0 Å². The van der Waals surface area contributed by atoms with Crippen molar-refractivity contribution in [3.63, 3.8) is 0 Å². The summed E-state index contributed by atoms with van der Waals surface area (Å²) < 4.78 is 1.35. The quantitative estimate of drug-likeness (QED) is 0.880. The molecule has 1 aromatic rings. The summed E-state index contributed by atoms with van der Waals surface area (Å²) in [6, 6.07) is 2.52. The molecule has 25 heavy (non-hydrogen) atoms. The highest BCUT2D eigenvalue weighted by atomic mass is 16.2. The number of hydrogen-bond donors (Lipinski definition) is 1. The van der Waals surface area contributed by atoms with Gasteiger partial charge in [-0.2, -0.15) is 0 Å². The molecule has 1 saturated heterocycles. The average molecular weight is 346 g/mol. The number of carbonyl (C=O) groups is 1. The number of nitrogens with zero attached hydrogens (tertiary/aromatic N) is 3. The van der Waals surface area contributed by atoms with Gasteiger partial charge in [-0.15, -0.1) is 0 Å². The molecule has 2 heterocycles. The van der Waals surface area contributed by atoms with Crippen molar-refractivity contribution in [2.75, 3.05) is 13.1 Å². The van der Waals surface area contributed by atoms with Crippen LogP contribution in [0.5, 0.6) is 0 Å². The van der Waals surface area contributed by atoms with E-state index in [0.717, 1.165) is 13.1 Å². The van der Waals surface area contributed by atoms with Crippen LogP contribution < -0.4 is 11.0 Å². The van der Waals surface area contributed by atoms with Crippen LogP contribution in [0.4, 0.5) is 0 Å². The number of amides is 1. The van der Waals surface area contributed by atoms with Gasteiger partial charge in [-0.05, 0) is 30.7 Å². The van der Waals surface area contributed by atoms with Crippen molar-refractivity contribution in [2.24, 2.45) is 11.8 Å². The molecular formula is C19H30N4O2. The van der Waals surface area contributed by atoms with Crippen molar-refractivity contribution in [3.05, 3.63) is 28.9 Å². The summed E-state index contributed by atoms with van der Waals surface area (Å²) in [5, 5.41) is 3.19. The third-order valence-corrected chi connectivity index (χ3v) is 5.78. The molecule has 1 amide bonds. The lowest BCUT2D eigenvalue weighted by molar-refractivity contribution is -0.122. The fourth-order valence-electron chi connectivity index (χ4n) is 4.35. The monoisotopic (exact) mass is 346 g/mol. The second-order valence-electron chi connectivity index (χ2n) is 7.86. The lowest BCUT2D eigenvalue weighted by Gasteiger charge is -2.31. The molecule has 6 nitrogen and oxygen atoms in total. The Bertz CT molecular complexity index is 636. The van der Waals surface area contributed by atoms with Gasteiger partial charge in [0.2, 0.25) is 5.91 Å². The van der Waals surface area contributed by atoms with Crippen molar-refractivity contribution in [2.45, 2.75) is 64.6 Å². The second kappa shape index (κ2) is 8.13. The average Bonchev–Trinajstić information content (AvgIpc) is 3.02. The molecule has 0 unspecified atom stereocenters. The molecule has 0 bridgehead atoms. The van der Waals surface area contributed by atoms with Crippen molar-refractivity contribution >= 4 is 5.91 Å². The van der Waals surface area contributed by atoms with Crippen LogP contribution in [0.3, 0.4) is 0 Å². The molecule has 2 fully saturated rings. The zero-order valence-electron chi connectivity index (χ0n) is 15.4. The third-order valence-electron chi connectivity index (χ3n) is 5.78. The van der Waals surface area contributed by atoms with E-state index in [0.29, 0.717) is 17.9 Å². The van der Waals surface area contributed by atoms with E-state index in [1.807, 2.05) is 0 Å². The van der Waals surface area contributed by atoms with E-state index in [1.165, 1.54) is 42.9 Å². The van der Waals surface area contributed by atoms with Crippen LogP contribution in [0.1, 0.15) is 46.0 Å². The Morgan fingerprint density at radius 3 is 2.72 bits per heavy atom. The largest absolute Gasteiger partial charge is 0.350 e. The summed E-state index contributed by atoms with van der Waals surface area (Å²) in [6.07, 6.45) is 9.65. The maximum atomic E-state index is 12.5. The zero-order chi connectivity index (χ0) is 17.8. The normalized spacial score (nSPS) is 25.4. The van der Waals surface area contributed by atoms with Gasteiger partial charge in [0.15, 0.2) is 0 Å². The Balaban J connectivity index is 1.62. The summed E-state index contributed by atoms with van der Waals surface area (Å²) in [5.74, 6) is 0.896. The molecule has 138 valence electrons.